The molecule has 0 bridgehead atoms. The van der Waals surface area contributed by atoms with Crippen LogP contribution in [0, 0.1) is 5.82 Å². The third-order valence-corrected chi connectivity index (χ3v) is 2.29. The third kappa shape index (κ3) is 2.59. The summed E-state index contributed by atoms with van der Waals surface area (Å²) in [6, 6.07) is 2.39. The van der Waals surface area contributed by atoms with Crippen molar-refractivity contribution < 1.29 is 13.9 Å². The van der Waals surface area contributed by atoms with Crippen molar-refractivity contribution in [2.45, 2.75) is 6.42 Å². The summed E-state index contributed by atoms with van der Waals surface area (Å²) < 4.78 is 17.3. The zero-order chi connectivity index (χ0) is 10.7. The summed E-state index contributed by atoms with van der Waals surface area (Å²) >= 11 is 11.2. The molecule has 1 aromatic carbocycles. The van der Waals surface area contributed by atoms with Gasteiger partial charge in [0.1, 0.15) is 5.82 Å². The molecule has 14 heavy (non-hydrogen) atoms. The highest BCUT2D eigenvalue weighted by molar-refractivity contribution is 6.33. The van der Waals surface area contributed by atoms with E-state index >= 15 is 0 Å². The van der Waals surface area contributed by atoms with Crippen LogP contribution in [0.3, 0.4) is 0 Å². The molecule has 1 aromatic rings. The lowest BCUT2D eigenvalue weighted by atomic mass is 10.1. The van der Waals surface area contributed by atoms with Crippen molar-refractivity contribution in [3.05, 3.63) is 33.6 Å². The molecule has 76 valence electrons. The Morgan fingerprint density at radius 3 is 2.64 bits per heavy atom. The first-order valence-electron chi connectivity index (χ1n) is 3.75. The van der Waals surface area contributed by atoms with Crippen molar-refractivity contribution in [1.82, 2.24) is 0 Å². The number of carbonyl (C=O) groups excluding carboxylic acids is 1. The largest absolute Gasteiger partial charge is 0.469 e. The number of benzene rings is 1. The Balaban J connectivity index is 2.98. The summed E-state index contributed by atoms with van der Waals surface area (Å²) in [5.41, 5.74) is 0.449. The molecule has 0 saturated heterocycles. The van der Waals surface area contributed by atoms with Gasteiger partial charge in [-0.15, -0.1) is 0 Å². The lowest BCUT2D eigenvalue weighted by Gasteiger charge is -2.04. The number of hydrogen-bond donors (Lipinski definition) is 0. The van der Waals surface area contributed by atoms with Gasteiger partial charge in [0.2, 0.25) is 0 Å². The van der Waals surface area contributed by atoms with Gasteiger partial charge in [0.15, 0.2) is 0 Å². The highest BCUT2D eigenvalue weighted by Crippen LogP contribution is 2.24. The summed E-state index contributed by atoms with van der Waals surface area (Å²) in [5.74, 6) is -1.06. The van der Waals surface area contributed by atoms with Gasteiger partial charge in [-0.25, -0.2) is 4.39 Å². The molecule has 2 nitrogen and oxygen atoms in total. The molecule has 1 rings (SSSR count). The van der Waals surface area contributed by atoms with E-state index in [1.165, 1.54) is 13.2 Å². The normalized spacial score (nSPS) is 10.0. The molecule has 0 aliphatic heterocycles. The number of esters is 1. The molecule has 0 aliphatic rings. The van der Waals surface area contributed by atoms with Crippen molar-refractivity contribution in [3.8, 4) is 0 Å². The molecular formula is C9H7Cl2FO2. The Kier molecular flexibility index (Phi) is 3.72. The highest BCUT2D eigenvalue weighted by Gasteiger charge is 2.10. The van der Waals surface area contributed by atoms with Crippen LogP contribution in [0.15, 0.2) is 12.1 Å². The van der Waals surface area contributed by atoms with Gasteiger partial charge >= 0.3 is 5.97 Å². The van der Waals surface area contributed by atoms with Crippen molar-refractivity contribution in [2.24, 2.45) is 0 Å². The zero-order valence-corrected chi connectivity index (χ0v) is 8.82. The first-order chi connectivity index (χ1) is 6.54. The second-order valence-corrected chi connectivity index (χ2v) is 3.43. The van der Waals surface area contributed by atoms with Gasteiger partial charge in [0.25, 0.3) is 0 Å². The van der Waals surface area contributed by atoms with Gasteiger partial charge in [0.05, 0.1) is 18.6 Å². The fraction of sp³-hybridized carbons (Fsp3) is 0.222. The van der Waals surface area contributed by atoms with Crippen molar-refractivity contribution >= 4 is 29.2 Å². The van der Waals surface area contributed by atoms with E-state index in [1.807, 2.05) is 0 Å². The standard InChI is InChI=1S/C9H7Cl2FO2/c1-14-9(13)3-5-2-7(11)8(12)4-6(5)10/h2,4H,3H2,1H3. The molecule has 5 heteroatoms. The first kappa shape index (κ1) is 11.3. The molecule has 0 aromatic heterocycles. The maximum absolute atomic E-state index is 12.8. The molecule has 0 atom stereocenters. The van der Waals surface area contributed by atoms with Gasteiger partial charge in [-0.05, 0) is 17.7 Å². The topological polar surface area (TPSA) is 26.3 Å². The summed E-state index contributed by atoms with van der Waals surface area (Å²) in [6.45, 7) is 0. The average molecular weight is 237 g/mol. The molecule has 0 fully saturated rings. The Morgan fingerprint density at radius 2 is 2.07 bits per heavy atom. The van der Waals surface area contributed by atoms with Crippen LogP contribution < -0.4 is 0 Å². The monoisotopic (exact) mass is 236 g/mol. The number of hydrogen-bond acceptors (Lipinski definition) is 2. The summed E-state index contributed by atoms with van der Waals surface area (Å²) in [4.78, 5) is 10.9. The van der Waals surface area contributed by atoms with Crippen LogP contribution in [0.5, 0.6) is 0 Å². The van der Waals surface area contributed by atoms with Crippen molar-refractivity contribution in [1.29, 1.82) is 0 Å². The number of ether oxygens (including phenoxy) is 1. The predicted molar refractivity (Wildman–Crippen MR) is 52.1 cm³/mol. The Bertz CT molecular complexity index is 366. The highest BCUT2D eigenvalue weighted by atomic mass is 35.5. The average Bonchev–Trinajstić information content (AvgIpc) is 2.14. The molecule has 0 saturated carbocycles. The van der Waals surface area contributed by atoms with E-state index in [-0.39, 0.29) is 16.5 Å². The Labute approximate surface area is 90.6 Å². The smallest absolute Gasteiger partial charge is 0.310 e. The van der Waals surface area contributed by atoms with Crippen molar-refractivity contribution in [2.75, 3.05) is 7.11 Å². The van der Waals surface area contributed by atoms with Crippen LogP contribution in [0.4, 0.5) is 4.39 Å². The maximum atomic E-state index is 12.8. The van der Waals surface area contributed by atoms with E-state index in [0.29, 0.717) is 5.56 Å². The summed E-state index contributed by atoms with van der Waals surface area (Å²) in [5, 5.41) is 0.102. The minimum absolute atomic E-state index is 0.0185. The summed E-state index contributed by atoms with van der Waals surface area (Å²) in [7, 11) is 1.27. The van der Waals surface area contributed by atoms with Crippen LogP contribution in [0.2, 0.25) is 10.0 Å². The molecule has 0 radical (unpaired) electrons. The van der Waals surface area contributed by atoms with Gasteiger partial charge in [-0.2, -0.15) is 0 Å². The van der Waals surface area contributed by atoms with Gasteiger partial charge in [-0.1, -0.05) is 23.2 Å². The van der Waals surface area contributed by atoms with E-state index in [0.717, 1.165) is 6.07 Å². The number of carbonyl (C=O) groups is 1. The maximum Gasteiger partial charge on any atom is 0.310 e. The van der Waals surface area contributed by atoms with E-state index in [9.17, 15) is 9.18 Å². The Morgan fingerprint density at radius 1 is 1.43 bits per heavy atom. The van der Waals surface area contributed by atoms with Crippen molar-refractivity contribution in [3.63, 3.8) is 0 Å². The quantitative estimate of drug-likeness (QED) is 0.583. The second-order valence-electron chi connectivity index (χ2n) is 2.61. The lowest BCUT2D eigenvalue weighted by molar-refractivity contribution is -0.139. The van der Waals surface area contributed by atoms with E-state index in [1.54, 1.807) is 0 Å². The lowest BCUT2D eigenvalue weighted by Crippen LogP contribution is -2.05. The minimum Gasteiger partial charge on any atom is -0.469 e. The molecule has 0 aliphatic carbocycles. The Hall–Kier alpha value is -0.800. The summed E-state index contributed by atoms with van der Waals surface area (Å²) in [6.07, 6.45) is -0.0185. The molecule has 0 unspecified atom stereocenters. The molecule has 0 N–H and O–H groups in total. The van der Waals surface area contributed by atoms with Crippen LogP contribution in [0.25, 0.3) is 0 Å². The van der Waals surface area contributed by atoms with Gasteiger partial charge < -0.3 is 4.74 Å². The van der Waals surface area contributed by atoms with Crippen LogP contribution in [-0.2, 0) is 16.0 Å². The van der Waals surface area contributed by atoms with Gasteiger partial charge in [-0.3, -0.25) is 4.79 Å². The van der Waals surface area contributed by atoms with Gasteiger partial charge in [0, 0.05) is 5.02 Å². The first-order valence-corrected chi connectivity index (χ1v) is 4.50. The molecular weight excluding hydrogens is 230 g/mol. The fourth-order valence-electron chi connectivity index (χ4n) is 0.927. The van der Waals surface area contributed by atoms with Crippen LogP contribution in [-0.4, -0.2) is 13.1 Å². The number of methoxy groups -OCH3 is 1. The third-order valence-electron chi connectivity index (χ3n) is 1.65. The minimum atomic E-state index is -0.606. The van der Waals surface area contributed by atoms with E-state index in [4.69, 9.17) is 23.2 Å². The number of halogens is 3. The fourth-order valence-corrected chi connectivity index (χ4v) is 1.33. The van der Waals surface area contributed by atoms with Crippen LogP contribution in [0.1, 0.15) is 5.56 Å². The SMILES string of the molecule is COC(=O)Cc1cc(Cl)c(F)cc1Cl. The molecule has 0 amide bonds. The second kappa shape index (κ2) is 4.62. The van der Waals surface area contributed by atoms with E-state index < -0.39 is 11.8 Å². The predicted octanol–water partition coefficient (Wildman–Crippen LogP) is 2.85. The number of rotatable bonds is 2. The molecule has 0 spiro atoms. The zero-order valence-electron chi connectivity index (χ0n) is 7.31. The van der Waals surface area contributed by atoms with E-state index in [2.05, 4.69) is 4.74 Å². The molecule has 0 heterocycles. The van der Waals surface area contributed by atoms with Crippen LogP contribution >= 0.6 is 23.2 Å².